The summed E-state index contributed by atoms with van der Waals surface area (Å²) in [6, 6.07) is 15.1. The van der Waals surface area contributed by atoms with E-state index in [1.807, 2.05) is 6.07 Å². The lowest BCUT2D eigenvalue weighted by Gasteiger charge is -2.44. The van der Waals surface area contributed by atoms with Gasteiger partial charge in [-0.25, -0.2) is 4.98 Å². The van der Waals surface area contributed by atoms with Gasteiger partial charge in [0.15, 0.2) is 23.7 Å². The van der Waals surface area contributed by atoms with E-state index >= 15 is 0 Å². The van der Waals surface area contributed by atoms with Crippen molar-refractivity contribution < 1.29 is 42.9 Å². The lowest BCUT2D eigenvalue weighted by molar-refractivity contribution is -0.237. The van der Waals surface area contributed by atoms with Crippen molar-refractivity contribution in [1.82, 2.24) is 4.98 Å². The van der Waals surface area contributed by atoms with Crippen LogP contribution >= 0.6 is 35.0 Å². The molecule has 0 saturated carbocycles. The van der Waals surface area contributed by atoms with Crippen molar-refractivity contribution in [2.45, 2.75) is 88.3 Å². The largest absolute Gasteiger partial charge is 0.463 e. The Hall–Kier alpha value is -4.15. The zero-order valence-corrected chi connectivity index (χ0v) is 30.0. The fraction of sp³-hybridized carbons (Fsp3) is 0.389. The van der Waals surface area contributed by atoms with Gasteiger partial charge in [-0.05, 0) is 61.1 Å². The molecular formula is C36H34Cl2N2O9S. The van der Waals surface area contributed by atoms with Gasteiger partial charge >= 0.3 is 23.9 Å². The average Bonchev–Trinajstić information content (AvgIpc) is 3.05. The number of thioether (sulfide) groups is 1. The van der Waals surface area contributed by atoms with Crippen molar-refractivity contribution in [3.63, 3.8) is 0 Å². The predicted molar refractivity (Wildman–Crippen MR) is 184 cm³/mol. The number of rotatable bonds is 9. The predicted octanol–water partition coefficient (Wildman–Crippen LogP) is 6.65. The molecule has 2 aromatic carbocycles. The maximum atomic E-state index is 12.5. The second-order valence-electron chi connectivity index (χ2n) is 11.8. The first-order valence-electron chi connectivity index (χ1n) is 15.8. The number of nitriles is 1. The van der Waals surface area contributed by atoms with Gasteiger partial charge in [-0.2, -0.15) is 5.26 Å². The van der Waals surface area contributed by atoms with Crippen LogP contribution in [0.3, 0.4) is 0 Å². The summed E-state index contributed by atoms with van der Waals surface area (Å²) in [6.07, 6.45) is -1.12. The first-order valence-corrected chi connectivity index (χ1v) is 17.5. The summed E-state index contributed by atoms with van der Waals surface area (Å²) in [5.74, 6) is -2.88. The molecule has 0 spiro atoms. The Bertz CT molecular complexity index is 1860. The average molecular weight is 742 g/mol. The van der Waals surface area contributed by atoms with Crippen LogP contribution in [0.4, 0.5) is 0 Å². The summed E-state index contributed by atoms with van der Waals surface area (Å²) >= 11 is 13.8. The van der Waals surface area contributed by atoms with E-state index in [1.165, 1.54) is 18.1 Å². The van der Waals surface area contributed by atoms with Gasteiger partial charge < -0.3 is 23.7 Å². The summed E-state index contributed by atoms with van der Waals surface area (Å²) < 4.78 is 28.3. The summed E-state index contributed by atoms with van der Waals surface area (Å²) in [5, 5.41) is 11.5. The van der Waals surface area contributed by atoms with E-state index in [0.29, 0.717) is 26.9 Å². The van der Waals surface area contributed by atoms with E-state index in [2.05, 4.69) is 18.2 Å². The molecule has 262 valence electrons. The van der Waals surface area contributed by atoms with E-state index in [4.69, 9.17) is 51.9 Å². The van der Waals surface area contributed by atoms with Crippen LogP contribution < -0.4 is 0 Å². The zero-order chi connectivity index (χ0) is 36.1. The maximum Gasteiger partial charge on any atom is 0.303 e. The Balaban J connectivity index is 1.68. The number of ether oxygens (including phenoxy) is 5. The molecule has 5 atom stereocenters. The molecule has 0 bridgehead atoms. The van der Waals surface area contributed by atoms with Crippen LogP contribution in [0, 0.1) is 11.3 Å². The van der Waals surface area contributed by atoms with Crippen LogP contribution in [0.5, 0.6) is 0 Å². The molecule has 1 aliphatic heterocycles. The minimum atomic E-state index is -1.38. The molecule has 50 heavy (non-hydrogen) atoms. The van der Waals surface area contributed by atoms with Gasteiger partial charge in [-0.1, -0.05) is 53.2 Å². The number of esters is 4. The Morgan fingerprint density at radius 3 is 2.14 bits per heavy atom. The molecule has 0 unspecified atom stereocenters. The van der Waals surface area contributed by atoms with Crippen molar-refractivity contribution in [2.24, 2.45) is 0 Å². The van der Waals surface area contributed by atoms with Crippen LogP contribution in [-0.4, -0.2) is 65.3 Å². The van der Waals surface area contributed by atoms with Gasteiger partial charge in [-0.3, -0.25) is 19.2 Å². The smallest absolute Gasteiger partial charge is 0.303 e. The molecule has 5 rings (SSSR count). The molecule has 14 heteroatoms. The molecule has 2 heterocycles. The Morgan fingerprint density at radius 2 is 1.50 bits per heavy atom. The van der Waals surface area contributed by atoms with Crippen molar-refractivity contribution in [1.29, 1.82) is 5.26 Å². The monoisotopic (exact) mass is 740 g/mol. The lowest BCUT2D eigenvalue weighted by Crippen LogP contribution is -2.61. The van der Waals surface area contributed by atoms with Crippen molar-refractivity contribution in [3.05, 3.63) is 69.2 Å². The van der Waals surface area contributed by atoms with Crippen LogP contribution in [0.1, 0.15) is 57.2 Å². The third-order valence-corrected chi connectivity index (χ3v) is 9.82. The number of hydrogen-bond acceptors (Lipinski definition) is 12. The summed E-state index contributed by atoms with van der Waals surface area (Å²) in [6.45, 7) is 4.25. The number of carbonyl (C=O) groups excluding carboxylic acids is 4. The Labute approximate surface area is 303 Å². The molecule has 1 aliphatic carbocycles. The van der Waals surface area contributed by atoms with Gasteiger partial charge in [-0.15, -0.1) is 0 Å². The second-order valence-corrected chi connectivity index (χ2v) is 13.8. The number of halogens is 2. The summed E-state index contributed by atoms with van der Waals surface area (Å²) in [7, 11) is 0. The first kappa shape index (κ1) is 37.1. The standard InChI is InChI=1S/C36H34Cl2N2O9S/c1-18(41)45-17-31-32(46-19(2)42)33(47-20(3)43)34(48-21(4)44)36(49-31)50-35-28(16-39)27(26-12-11-25(37)14-29(26)38)15-30(40-35)24-10-9-22-7-5-6-8-23(22)13-24/h9-15,31-34,36H,5-8,17H2,1-4H3/t31-,32-,33+,34-,36+/m1/s1. The number of aromatic nitrogens is 1. The third kappa shape index (κ3) is 8.76. The van der Waals surface area contributed by atoms with Crippen LogP contribution in [-0.2, 0) is 55.7 Å². The quantitative estimate of drug-likeness (QED) is 0.171. The van der Waals surface area contributed by atoms with Gasteiger partial charge in [0.2, 0.25) is 0 Å². The number of carbonyl (C=O) groups is 4. The van der Waals surface area contributed by atoms with Gasteiger partial charge in [0.1, 0.15) is 23.8 Å². The molecule has 0 amide bonds. The highest BCUT2D eigenvalue weighted by atomic mass is 35.5. The molecule has 2 aliphatic rings. The molecule has 1 aromatic heterocycles. The van der Waals surface area contributed by atoms with Crippen molar-refractivity contribution in [3.8, 4) is 28.5 Å². The summed E-state index contributed by atoms with van der Waals surface area (Å²) in [4.78, 5) is 53.7. The highest BCUT2D eigenvalue weighted by Gasteiger charge is 2.52. The molecule has 1 saturated heterocycles. The minimum absolute atomic E-state index is 0.133. The SMILES string of the molecule is CC(=O)OC[C@H]1O[C@@H](Sc2nc(-c3ccc4c(c3)CCCC4)cc(-c3ccc(Cl)cc3Cl)c2C#N)[C@H](OC(C)=O)[C@@H](OC(C)=O)[C@@H]1OC(C)=O. The van der Waals surface area contributed by atoms with E-state index < -0.39 is 60.3 Å². The van der Waals surface area contributed by atoms with Gasteiger partial charge in [0.25, 0.3) is 0 Å². The topological polar surface area (TPSA) is 151 Å². The van der Waals surface area contributed by atoms with Crippen molar-refractivity contribution >= 4 is 58.8 Å². The summed E-state index contributed by atoms with van der Waals surface area (Å²) in [5.41, 5.74) is 3.76. The number of fused-ring (bicyclic) bond motifs is 1. The lowest BCUT2D eigenvalue weighted by atomic mass is 9.89. The first-order chi connectivity index (χ1) is 23.8. The Kier molecular flexibility index (Phi) is 12.1. The number of aryl methyl sites for hydroxylation is 2. The van der Waals surface area contributed by atoms with E-state index in [-0.39, 0.29) is 10.6 Å². The fourth-order valence-electron chi connectivity index (χ4n) is 6.07. The molecular weight excluding hydrogens is 707 g/mol. The second kappa shape index (κ2) is 16.2. The molecule has 1 fully saturated rings. The maximum absolute atomic E-state index is 12.5. The number of hydrogen-bond donors (Lipinski definition) is 0. The minimum Gasteiger partial charge on any atom is -0.463 e. The highest BCUT2D eigenvalue weighted by molar-refractivity contribution is 7.99. The van der Waals surface area contributed by atoms with Crippen molar-refractivity contribution in [2.75, 3.05) is 6.61 Å². The molecule has 0 N–H and O–H groups in total. The molecule has 11 nitrogen and oxygen atoms in total. The number of nitrogens with zero attached hydrogens (tertiary/aromatic N) is 2. The van der Waals surface area contributed by atoms with Gasteiger partial charge in [0, 0.05) is 54.4 Å². The number of pyridine rings is 1. The molecule has 3 aromatic rings. The zero-order valence-electron chi connectivity index (χ0n) is 27.7. The van der Waals surface area contributed by atoms with Crippen LogP contribution in [0.2, 0.25) is 10.0 Å². The van der Waals surface area contributed by atoms with E-state index in [9.17, 15) is 24.4 Å². The highest BCUT2D eigenvalue weighted by Crippen LogP contribution is 2.43. The van der Waals surface area contributed by atoms with E-state index in [0.717, 1.165) is 63.8 Å². The normalized spacial score (nSPS) is 21.3. The fourth-order valence-corrected chi connectivity index (χ4v) is 7.77. The van der Waals surface area contributed by atoms with Gasteiger partial charge in [0.05, 0.1) is 11.3 Å². The van der Waals surface area contributed by atoms with Crippen LogP contribution in [0.15, 0.2) is 47.5 Å². The third-order valence-electron chi connectivity index (χ3n) is 8.14. The van der Waals surface area contributed by atoms with Crippen LogP contribution in [0.25, 0.3) is 22.4 Å². The molecule has 0 radical (unpaired) electrons. The number of benzene rings is 2. The van der Waals surface area contributed by atoms with E-state index in [1.54, 1.807) is 24.3 Å². The Morgan fingerprint density at radius 1 is 0.840 bits per heavy atom.